The highest BCUT2D eigenvalue weighted by atomic mass is 79.9. The van der Waals surface area contributed by atoms with Crippen molar-refractivity contribution in [3.63, 3.8) is 0 Å². The molecule has 2 aromatic heterocycles. The molecule has 0 spiro atoms. The van der Waals surface area contributed by atoms with E-state index >= 15 is 0 Å². The van der Waals surface area contributed by atoms with Crippen LogP contribution in [0.1, 0.15) is 28.3 Å². The van der Waals surface area contributed by atoms with Crippen molar-refractivity contribution in [2.75, 3.05) is 6.54 Å². The van der Waals surface area contributed by atoms with Gasteiger partial charge in [-0.15, -0.1) is 22.7 Å². The zero-order chi connectivity index (χ0) is 15.2. The largest absolute Gasteiger partial charge is 0.391 e. The molecule has 1 aliphatic heterocycles. The Balaban J connectivity index is 2.01. The van der Waals surface area contributed by atoms with Crippen LogP contribution in [0.5, 0.6) is 0 Å². The number of aliphatic hydroxyl groups excluding tert-OH is 1. The highest BCUT2D eigenvalue weighted by Crippen LogP contribution is 2.40. The molecule has 114 valence electrons. The first-order valence-corrected chi connectivity index (χ1v) is 10.3. The lowest BCUT2D eigenvalue weighted by molar-refractivity contribution is 0.285. The van der Waals surface area contributed by atoms with E-state index in [9.17, 15) is 13.5 Å². The molecule has 0 bridgehead atoms. The third kappa shape index (κ3) is 2.62. The molecule has 0 amide bonds. The Morgan fingerprint density at radius 1 is 1.52 bits per heavy atom. The molecule has 0 aromatic carbocycles. The van der Waals surface area contributed by atoms with Gasteiger partial charge in [0.25, 0.3) is 0 Å². The molecule has 2 aromatic rings. The topological polar surface area (TPSA) is 57.6 Å². The van der Waals surface area contributed by atoms with Crippen LogP contribution in [0.3, 0.4) is 0 Å². The number of thiophene rings is 2. The molecule has 0 aliphatic carbocycles. The van der Waals surface area contributed by atoms with Crippen LogP contribution in [0.4, 0.5) is 0 Å². The molecule has 4 nitrogen and oxygen atoms in total. The van der Waals surface area contributed by atoms with Gasteiger partial charge in [-0.3, -0.25) is 0 Å². The van der Waals surface area contributed by atoms with E-state index in [1.54, 1.807) is 21.7 Å². The molecule has 1 unspecified atom stereocenters. The highest BCUT2D eigenvalue weighted by molar-refractivity contribution is 9.11. The summed E-state index contributed by atoms with van der Waals surface area (Å²) in [6.45, 7) is 2.27. The lowest BCUT2D eigenvalue weighted by atomic mass is 10.0. The highest BCUT2D eigenvalue weighted by Gasteiger charge is 2.36. The number of sulfonamides is 1. The van der Waals surface area contributed by atoms with E-state index < -0.39 is 10.0 Å². The van der Waals surface area contributed by atoms with E-state index in [1.807, 2.05) is 18.4 Å². The molecular formula is C13H14BrNO3S3. The van der Waals surface area contributed by atoms with E-state index in [-0.39, 0.29) is 17.5 Å². The van der Waals surface area contributed by atoms with E-state index in [1.165, 1.54) is 16.2 Å². The molecule has 0 saturated carbocycles. The SMILES string of the molecule is CC1c2ccsc2CCN1S(=O)(=O)c1cc(CO)sc1Br. The second-order valence-corrected chi connectivity index (χ2v) is 10.2. The van der Waals surface area contributed by atoms with Crippen molar-refractivity contribution < 1.29 is 13.5 Å². The van der Waals surface area contributed by atoms with E-state index in [2.05, 4.69) is 15.9 Å². The summed E-state index contributed by atoms with van der Waals surface area (Å²) in [5.41, 5.74) is 1.10. The number of halogens is 1. The van der Waals surface area contributed by atoms with Crippen LogP contribution < -0.4 is 0 Å². The Morgan fingerprint density at radius 2 is 2.29 bits per heavy atom. The molecular weight excluding hydrogens is 394 g/mol. The first-order valence-electron chi connectivity index (χ1n) is 6.42. The van der Waals surface area contributed by atoms with Gasteiger partial charge >= 0.3 is 0 Å². The number of fused-ring (bicyclic) bond motifs is 1. The molecule has 3 rings (SSSR count). The van der Waals surface area contributed by atoms with Crippen molar-refractivity contribution in [3.8, 4) is 0 Å². The fourth-order valence-corrected chi connectivity index (χ4v) is 7.66. The molecule has 3 heterocycles. The number of hydrogen-bond acceptors (Lipinski definition) is 5. The Labute approximate surface area is 140 Å². The maximum absolute atomic E-state index is 12.9. The summed E-state index contributed by atoms with van der Waals surface area (Å²) in [6, 6.07) is 3.41. The van der Waals surface area contributed by atoms with Crippen molar-refractivity contribution in [1.82, 2.24) is 4.31 Å². The van der Waals surface area contributed by atoms with Crippen molar-refractivity contribution in [3.05, 3.63) is 36.6 Å². The predicted octanol–water partition coefficient (Wildman–Crippen LogP) is 3.37. The van der Waals surface area contributed by atoms with Crippen LogP contribution in [-0.2, 0) is 23.1 Å². The number of aliphatic hydroxyl groups is 1. The van der Waals surface area contributed by atoms with Crippen LogP contribution >= 0.6 is 38.6 Å². The maximum Gasteiger partial charge on any atom is 0.245 e. The van der Waals surface area contributed by atoms with Gasteiger partial charge < -0.3 is 5.11 Å². The lowest BCUT2D eigenvalue weighted by Crippen LogP contribution is -2.38. The Bertz CT molecular complexity index is 765. The fourth-order valence-electron chi connectivity index (χ4n) is 2.59. The zero-order valence-electron chi connectivity index (χ0n) is 11.2. The minimum absolute atomic E-state index is 0.150. The smallest absolute Gasteiger partial charge is 0.245 e. The molecule has 0 fully saturated rings. The fraction of sp³-hybridized carbons (Fsp3) is 0.385. The summed E-state index contributed by atoms with van der Waals surface area (Å²) in [6.07, 6.45) is 0.755. The molecule has 0 saturated heterocycles. The van der Waals surface area contributed by atoms with Gasteiger partial charge in [0, 0.05) is 22.3 Å². The van der Waals surface area contributed by atoms with Gasteiger partial charge in [-0.2, -0.15) is 4.31 Å². The van der Waals surface area contributed by atoms with Crippen LogP contribution in [0.15, 0.2) is 26.2 Å². The minimum atomic E-state index is -3.56. The summed E-state index contributed by atoms with van der Waals surface area (Å²) in [7, 11) is -3.56. The molecule has 0 radical (unpaired) electrons. The van der Waals surface area contributed by atoms with Crippen molar-refractivity contribution in [2.45, 2.75) is 30.9 Å². The second-order valence-electron chi connectivity index (χ2n) is 4.85. The zero-order valence-corrected chi connectivity index (χ0v) is 15.3. The van der Waals surface area contributed by atoms with Crippen LogP contribution in [0.25, 0.3) is 0 Å². The first-order chi connectivity index (χ1) is 9.95. The number of hydrogen-bond donors (Lipinski definition) is 1. The van der Waals surface area contributed by atoms with Gasteiger partial charge in [-0.1, -0.05) is 0 Å². The average Bonchev–Trinajstić information content (AvgIpc) is 3.05. The van der Waals surface area contributed by atoms with E-state index in [0.717, 1.165) is 12.0 Å². The van der Waals surface area contributed by atoms with Crippen LogP contribution in [0, 0.1) is 0 Å². The van der Waals surface area contributed by atoms with Gasteiger partial charge in [0.2, 0.25) is 10.0 Å². The van der Waals surface area contributed by atoms with Gasteiger partial charge in [0.05, 0.1) is 10.4 Å². The standard InChI is InChI=1S/C13H14BrNO3S3/c1-8-10-3-5-19-11(10)2-4-15(8)21(17,18)12-6-9(7-16)20-13(12)14/h3,5-6,8,16H,2,4,7H2,1H3. The van der Waals surface area contributed by atoms with Crippen molar-refractivity contribution >= 4 is 48.6 Å². The third-order valence-electron chi connectivity index (χ3n) is 3.67. The minimum Gasteiger partial charge on any atom is -0.391 e. The normalized spacial score (nSPS) is 19.7. The molecule has 1 N–H and O–H groups in total. The molecule has 21 heavy (non-hydrogen) atoms. The van der Waals surface area contributed by atoms with Gasteiger partial charge in [0.15, 0.2) is 0 Å². The van der Waals surface area contributed by atoms with E-state index in [4.69, 9.17) is 0 Å². The molecule has 1 aliphatic rings. The van der Waals surface area contributed by atoms with Gasteiger partial charge in [-0.25, -0.2) is 8.42 Å². The van der Waals surface area contributed by atoms with E-state index in [0.29, 0.717) is 15.2 Å². The molecule has 1 atom stereocenters. The Morgan fingerprint density at radius 3 is 2.95 bits per heavy atom. The number of rotatable bonds is 3. The number of nitrogens with zero attached hydrogens (tertiary/aromatic N) is 1. The van der Waals surface area contributed by atoms with Crippen molar-refractivity contribution in [1.29, 1.82) is 0 Å². The Kier molecular flexibility index (Phi) is 4.28. The summed E-state index contributed by atoms with van der Waals surface area (Å²) in [5, 5.41) is 11.2. The third-order valence-corrected chi connectivity index (χ3v) is 8.87. The maximum atomic E-state index is 12.9. The first kappa shape index (κ1) is 15.6. The van der Waals surface area contributed by atoms with Crippen molar-refractivity contribution in [2.24, 2.45) is 0 Å². The predicted molar refractivity (Wildman–Crippen MR) is 88.3 cm³/mol. The van der Waals surface area contributed by atoms with Gasteiger partial charge in [0.1, 0.15) is 4.90 Å². The summed E-state index contributed by atoms with van der Waals surface area (Å²) >= 11 is 6.25. The van der Waals surface area contributed by atoms with Gasteiger partial charge in [-0.05, 0) is 52.4 Å². The second kappa shape index (κ2) is 5.75. The summed E-state index contributed by atoms with van der Waals surface area (Å²) in [4.78, 5) is 2.16. The van der Waals surface area contributed by atoms with Crippen LogP contribution in [-0.4, -0.2) is 24.4 Å². The lowest BCUT2D eigenvalue weighted by Gasteiger charge is -2.32. The summed E-state index contributed by atoms with van der Waals surface area (Å²) in [5.74, 6) is 0. The monoisotopic (exact) mass is 407 g/mol. The average molecular weight is 408 g/mol. The summed E-state index contributed by atoms with van der Waals surface area (Å²) < 4.78 is 27.9. The van der Waals surface area contributed by atoms with Crippen LogP contribution in [0.2, 0.25) is 0 Å². The molecule has 8 heteroatoms. The quantitative estimate of drug-likeness (QED) is 0.847. The Hall–Kier alpha value is -0.250.